The van der Waals surface area contributed by atoms with Crippen LogP contribution in [0.4, 0.5) is 5.69 Å². The monoisotopic (exact) mass is 278 g/mol. The van der Waals surface area contributed by atoms with Gasteiger partial charge in [-0.15, -0.1) is 0 Å². The van der Waals surface area contributed by atoms with Gasteiger partial charge < -0.3 is 14.8 Å². The molecule has 20 heavy (non-hydrogen) atoms. The lowest BCUT2D eigenvalue weighted by Gasteiger charge is -2.13. The van der Waals surface area contributed by atoms with Gasteiger partial charge >= 0.3 is 0 Å². The van der Waals surface area contributed by atoms with E-state index in [1.54, 1.807) is 6.07 Å². The molecule has 1 N–H and O–H groups in total. The summed E-state index contributed by atoms with van der Waals surface area (Å²) in [5.74, 6) is 0.969. The fraction of sp³-hybridized carbons (Fsp3) is 0.429. The van der Waals surface area contributed by atoms with Crippen LogP contribution in [-0.4, -0.2) is 24.3 Å². The van der Waals surface area contributed by atoms with Gasteiger partial charge in [0, 0.05) is 6.04 Å². The fourth-order valence-corrected chi connectivity index (χ4v) is 2.06. The molecule has 0 saturated heterocycles. The molecule has 0 amide bonds. The van der Waals surface area contributed by atoms with Crippen LogP contribution >= 0.6 is 0 Å². The quantitative estimate of drug-likeness (QED) is 0.662. The molecule has 0 fully saturated rings. The van der Waals surface area contributed by atoms with Crippen LogP contribution in [0.1, 0.15) is 26.3 Å². The van der Waals surface area contributed by atoms with Crippen LogP contribution < -0.4 is 14.8 Å². The number of rotatable bonds is 5. The van der Waals surface area contributed by atoms with Crippen molar-refractivity contribution in [1.29, 1.82) is 0 Å². The summed E-state index contributed by atoms with van der Waals surface area (Å²) in [6, 6.07) is 3.23. The van der Waals surface area contributed by atoms with E-state index in [2.05, 4.69) is 5.32 Å². The summed E-state index contributed by atoms with van der Waals surface area (Å²) in [4.78, 5) is 10.8. The van der Waals surface area contributed by atoms with E-state index in [0.717, 1.165) is 12.1 Å². The van der Waals surface area contributed by atoms with E-state index >= 15 is 0 Å². The number of hydrogen-bond acceptors (Lipinski definition) is 5. The van der Waals surface area contributed by atoms with Crippen molar-refractivity contribution >= 4 is 11.8 Å². The van der Waals surface area contributed by atoms with Crippen LogP contribution in [0.25, 0.3) is 6.08 Å². The third-order valence-electron chi connectivity index (χ3n) is 3.30. The molecule has 0 bridgehead atoms. The molecule has 6 nitrogen and oxygen atoms in total. The second-order valence-electron chi connectivity index (χ2n) is 4.69. The Bertz CT molecular complexity index is 554. The molecule has 1 aromatic carbocycles. The van der Waals surface area contributed by atoms with E-state index < -0.39 is 4.92 Å². The van der Waals surface area contributed by atoms with E-state index in [-0.39, 0.29) is 18.5 Å². The minimum absolute atomic E-state index is 0.0253. The number of benzene rings is 1. The summed E-state index contributed by atoms with van der Waals surface area (Å²) in [5, 5.41) is 14.4. The molecule has 1 aliphatic rings. The van der Waals surface area contributed by atoms with Crippen molar-refractivity contribution in [2.75, 3.05) is 13.3 Å². The first kappa shape index (κ1) is 14.3. The van der Waals surface area contributed by atoms with Crippen LogP contribution in [0.2, 0.25) is 0 Å². The molecule has 0 saturated carbocycles. The first-order valence-corrected chi connectivity index (χ1v) is 6.52. The number of nitrogens with one attached hydrogen (secondary N) is 1. The summed E-state index contributed by atoms with van der Waals surface area (Å²) in [6.07, 6.45) is 1.81. The van der Waals surface area contributed by atoms with Crippen molar-refractivity contribution in [1.82, 2.24) is 5.32 Å². The Hall–Kier alpha value is -2.08. The van der Waals surface area contributed by atoms with Gasteiger partial charge in [-0.2, -0.15) is 0 Å². The summed E-state index contributed by atoms with van der Waals surface area (Å²) >= 11 is 0. The standard InChI is InChI=1S/C14H18N2O4/c1-4-15-10(3)9(2)5-11-6-13-14(20-8-19-13)7-12(11)16(17)18/h5-7,10,15H,4,8H2,1-3H3/b9-5+. The number of likely N-dealkylation sites (N-methyl/N-ethyl adjacent to an activating group) is 1. The Balaban J connectivity index is 2.40. The van der Waals surface area contributed by atoms with Gasteiger partial charge in [0.2, 0.25) is 6.79 Å². The molecule has 1 unspecified atom stereocenters. The van der Waals surface area contributed by atoms with Gasteiger partial charge in [-0.3, -0.25) is 10.1 Å². The minimum Gasteiger partial charge on any atom is -0.454 e. The molecular formula is C14H18N2O4. The predicted octanol–water partition coefficient (Wildman–Crippen LogP) is 2.72. The van der Waals surface area contributed by atoms with E-state index in [0.29, 0.717) is 17.1 Å². The average molecular weight is 278 g/mol. The lowest BCUT2D eigenvalue weighted by Crippen LogP contribution is -2.26. The van der Waals surface area contributed by atoms with E-state index in [1.807, 2.05) is 26.8 Å². The summed E-state index contributed by atoms with van der Waals surface area (Å²) in [7, 11) is 0. The topological polar surface area (TPSA) is 73.6 Å². The van der Waals surface area contributed by atoms with Gasteiger partial charge in [-0.05, 0) is 32.5 Å². The minimum atomic E-state index is -0.404. The number of fused-ring (bicyclic) bond motifs is 1. The number of ether oxygens (including phenoxy) is 2. The highest BCUT2D eigenvalue weighted by molar-refractivity contribution is 5.68. The van der Waals surface area contributed by atoms with Crippen molar-refractivity contribution in [2.45, 2.75) is 26.8 Å². The van der Waals surface area contributed by atoms with Gasteiger partial charge in [0.05, 0.1) is 16.6 Å². The normalized spacial score (nSPS) is 15.2. The molecule has 0 aliphatic carbocycles. The van der Waals surface area contributed by atoms with Crippen LogP contribution in [0.5, 0.6) is 11.5 Å². The molecule has 2 rings (SSSR count). The smallest absolute Gasteiger partial charge is 0.280 e. The van der Waals surface area contributed by atoms with Crippen LogP contribution in [0.3, 0.4) is 0 Å². The molecule has 0 radical (unpaired) electrons. The molecule has 6 heteroatoms. The maximum atomic E-state index is 11.2. The third-order valence-corrected chi connectivity index (χ3v) is 3.30. The lowest BCUT2D eigenvalue weighted by atomic mass is 10.0. The Morgan fingerprint density at radius 3 is 2.75 bits per heavy atom. The summed E-state index contributed by atoms with van der Waals surface area (Å²) in [5.41, 5.74) is 1.58. The zero-order chi connectivity index (χ0) is 14.7. The molecule has 1 aromatic rings. The molecule has 1 aliphatic heterocycles. The van der Waals surface area contributed by atoms with Crippen molar-refractivity contribution in [3.8, 4) is 11.5 Å². The number of nitro groups is 1. The Kier molecular flexibility index (Phi) is 4.24. The van der Waals surface area contributed by atoms with Gasteiger partial charge in [0.15, 0.2) is 11.5 Å². The maximum absolute atomic E-state index is 11.2. The predicted molar refractivity (Wildman–Crippen MR) is 76.0 cm³/mol. The van der Waals surface area contributed by atoms with Crippen molar-refractivity contribution in [2.24, 2.45) is 0 Å². The summed E-state index contributed by atoms with van der Waals surface area (Å²) in [6.45, 7) is 6.94. The van der Waals surface area contributed by atoms with Crippen LogP contribution in [0.15, 0.2) is 17.7 Å². The highest BCUT2D eigenvalue weighted by Gasteiger charge is 2.22. The molecule has 1 heterocycles. The largest absolute Gasteiger partial charge is 0.454 e. The van der Waals surface area contributed by atoms with Gasteiger partial charge in [0.1, 0.15) is 0 Å². The zero-order valence-corrected chi connectivity index (χ0v) is 11.8. The van der Waals surface area contributed by atoms with Gasteiger partial charge in [0.25, 0.3) is 5.69 Å². The fourth-order valence-electron chi connectivity index (χ4n) is 2.06. The Morgan fingerprint density at radius 1 is 1.50 bits per heavy atom. The Morgan fingerprint density at radius 2 is 2.15 bits per heavy atom. The maximum Gasteiger partial charge on any atom is 0.280 e. The molecule has 0 aromatic heterocycles. The van der Waals surface area contributed by atoms with Crippen molar-refractivity contribution in [3.63, 3.8) is 0 Å². The van der Waals surface area contributed by atoms with E-state index in [4.69, 9.17) is 9.47 Å². The molecule has 0 spiro atoms. The van der Waals surface area contributed by atoms with Gasteiger partial charge in [-0.25, -0.2) is 0 Å². The lowest BCUT2D eigenvalue weighted by molar-refractivity contribution is -0.385. The first-order valence-electron chi connectivity index (χ1n) is 6.52. The summed E-state index contributed by atoms with van der Waals surface area (Å²) < 4.78 is 10.4. The number of nitro benzene ring substituents is 1. The molecule has 1 atom stereocenters. The third kappa shape index (κ3) is 2.91. The molecular weight excluding hydrogens is 260 g/mol. The van der Waals surface area contributed by atoms with E-state index in [1.165, 1.54) is 6.07 Å². The van der Waals surface area contributed by atoms with Gasteiger partial charge in [-0.1, -0.05) is 12.5 Å². The SMILES string of the molecule is CCNC(C)/C(C)=C/c1cc2c(cc1[N+](=O)[O-])OCO2. The van der Waals surface area contributed by atoms with E-state index in [9.17, 15) is 10.1 Å². The van der Waals surface area contributed by atoms with Crippen molar-refractivity contribution < 1.29 is 14.4 Å². The van der Waals surface area contributed by atoms with Crippen molar-refractivity contribution in [3.05, 3.63) is 33.4 Å². The second kappa shape index (κ2) is 5.92. The Labute approximate surface area is 117 Å². The highest BCUT2D eigenvalue weighted by Crippen LogP contribution is 2.38. The average Bonchev–Trinajstić information content (AvgIpc) is 2.84. The zero-order valence-electron chi connectivity index (χ0n) is 11.8. The highest BCUT2D eigenvalue weighted by atomic mass is 16.7. The van der Waals surface area contributed by atoms with Crippen LogP contribution in [0, 0.1) is 10.1 Å². The number of nitrogens with zero attached hydrogens (tertiary/aromatic N) is 1. The van der Waals surface area contributed by atoms with Crippen LogP contribution in [-0.2, 0) is 0 Å². The first-order chi connectivity index (χ1) is 9.52. The molecule has 108 valence electrons. The number of hydrogen-bond donors (Lipinski definition) is 1. The second-order valence-corrected chi connectivity index (χ2v) is 4.69.